The average Bonchev–Trinajstić information content (AvgIpc) is 3.14. The highest BCUT2D eigenvalue weighted by atomic mass is 32.1. The molecule has 0 spiro atoms. The zero-order valence-electron chi connectivity index (χ0n) is 14.1. The van der Waals surface area contributed by atoms with Crippen LogP contribution in [0.25, 0.3) is 6.08 Å². The largest absolute Gasteiger partial charge is 0.465 e. The zero-order chi connectivity index (χ0) is 17.6. The van der Waals surface area contributed by atoms with Crippen molar-refractivity contribution in [1.82, 2.24) is 0 Å². The first kappa shape index (κ1) is 17.4. The maximum atomic E-state index is 12.7. The van der Waals surface area contributed by atoms with Crippen molar-refractivity contribution >= 4 is 29.2 Å². The number of carbonyl (C=O) groups excluding carboxylic acids is 2. The highest BCUT2D eigenvalue weighted by Crippen LogP contribution is 2.37. The first-order chi connectivity index (χ1) is 12.2. The molecule has 0 saturated heterocycles. The SMILES string of the molecule is CCOC(=O)[C@@H]1C(=O)C=C(/C=C/c2cccs2)C[C@H]1c1ccccc1. The minimum atomic E-state index is -0.763. The molecule has 4 heteroatoms. The van der Waals surface area contributed by atoms with E-state index in [1.807, 2.05) is 60.0 Å². The average molecular weight is 352 g/mol. The lowest BCUT2D eigenvalue weighted by Gasteiger charge is -2.28. The zero-order valence-corrected chi connectivity index (χ0v) is 14.9. The van der Waals surface area contributed by atoms with Gasteiger partial charge >= 0.3 is 5.97 Å². The Bertz CT molecular complexity index is 788. The van der Waals surface area contributed by atoms with Gasteiger partial charge in [-0.05, 0) is 48.1 Å². The molecule has 1 aromatic carbocycles. The molecule has 0 unspecified atom stereocenters. The normalized spacial score (nSPS) is 20.5. The maximum absolute atomic E-state index is 12.7. The quantitative estimate of drug-likeness (QED) is 0.582. The van der Waals surface area contributed by atoms with Gasteiger partial charge < -0.3 is 4.74 Å². The van der Waals surface area contributed by atoms with Gasteiger partial charge in [-0.15, -0.1) is 11.3 Å². The lowest BCUT2D eigenvalue weighted by molar-refractivity contribution is -0.151. The third kappa shape index (κ3) is 4.15. The number of hydrogen-bond acceptors (Lipinski definition) is 4. The van der Waals surface area contributed by atoms with Crippen molar-refractivity contribution < 1.29 is 14.3 Å². The van der Waals surface area contributed by atoms with E-state index < -0.39 is 11.9 Å². The van der Waals surface area contributed by atoms with Crippen LogP contribution < -0.4 is 0 Å². The number of benzene rings is 1. The van der Waals surface area contributed by atoms with Crippen molar-refractivity contribution in [2.24, 2.45) is 5.92 Å². The second-order valence-electron chi connectivity index (χ2n) is 5.92. The molecule has 1 aliphatic carbocycles. The minimum Gasteiger partial charge on any atom is -0.465 e. The molecule has 0 fully saturated rings. The fourth-order valence-corrected chi connectivity index (χ4v) is 3.73. The van der Waals surface area contributed by atoms with E-state index in [1.54, 1.807) is 24.3 Å². The summed E-state index contributed by atoms with van der Waals surface area (Å²) >= 11 is 1.65. The molecule has 2 atom stereocenters. The highest BCUT2D eigenvalue weighted by Gasteiger charge is 2.38. The Kier molecular flexibility index (Phi) is 5.61. The van der Waals surface area contributed by atoms with Crippen LogP contribution in [-0.4, -0.2) is 18.4 Å². The van der Waals surface area contributed by atoms with Crippen molar-refractivity contribution in [2.45, 2.75) is 19.3 Å². The van der Waals surface area contributed by atoms with Crippen molar-refractivity contribution in [2.75, 3.05) is 6.61 Å². The fraction of sp³-hybridized carbons (Fsp3) is 0.238. The molecule has 0 N–H and O–H groups in total. The molecule has 1 aliphatic rings. The van der Waals surface area contributed by atoms with Crippen LogP contribution in [0, 0.1) is 5.92 Å². The molecule has 3 rings (SSSR count). The number of thiophene rings is 1. The van der Waals surface area contributed by atoms with E-state index in [0.717, 1.165) is 16.0 Å². The van der Waals surface area contributed by atoms with Crippen molar-refractivity contribution in [1.29, 1.82) is 0 Å². The topological polar surface area (TPSA) is 43.4 Å². The first-order valence-corrected chi connectivity index (χ1v) is 9.24. The van der Waals surface area contributed by atoms with Crippen LogP contribution >= 0.6 is 11.3 Å². The summed E-state index contributed by atoms with van der Waals surface area (Å²) in [7, 11) is 0. The van der Waals surface area contributed by atoms with Crippen molar-refractivity contribution in [3.8, 4) is 0 Å². The van der Waals surface area contributed by atoms with Gasteiger partial charge in [0.15, 0.2) is 5.78 Å². The summed E-state index contributed by atoms with van der Waals surface area (Å²) in [6.07, 6.45) is 6.21. The number of rotatable bonds is 5. The number of ether oxygens (including phenoxy) is 1. The Morgan fingerprint density at radius 2 is 2.00 bits per heavy atom. The van der Waals surface area contributed by atoms with Crippen molar-refractivity contribution in [3.05, 3.63) is 76.0 Å². The molecule has 25 heavy (non-hydrogen) atoms. The van der Waals surface area contributed by atoms with E-state index in [1.165, 1.54) is 0 Å². The Hall–Kier alpha value is -2.46. The summed E-state index contributed by atoms with van der Waals surface area (Å²) in [6, 6.07) is 13.8. The number of hydrogen-bond donors (Lipinski definition) is 0. The number of ketones is 1. The van der Waals surface area contributed by atoms with Gasteiger partial charge in [0.2, 0.25) is 0 Å². The summed E-state index contributed by atoms with van der Waals surface area (Å²) in [5.41, 5.74) is 1.93. The Labute approximate surface area is 151 Å². The predicted octanol–water partition coefficient (Wildman–Crippen LogP) is 4.62. The lowest BCUT2D eigenvalue weighted by Crippen LogP contribution is -2.34. The van der Waals surface area contributed by atoms with E-state index in [2.05, 4.69) is 0 Å². The van der Waals surface area contributed by atoms with Gasteiger partial charge in [-0.2, -0.15) is 0 Å². The van der Waals surface area contributed by atoms with Gasteiger partial charge in [-0.3, -0.25) is 9.59 Å². The first-order valence-electron chi connectivity index (χ1n) is 8.36. The third-order valence-corrected chi connectivity index (χ3v) is 5.10. The van der Waals surface area contributed by atoms with Gasteiger partial charge in [0, 0.05) is 10.8 Å². The molecule has 3 nitrogen and oxygen atoms in total. The highest BCUT2D eigenvalue weighted by molar-refractivity contribution is 7.10. The second kappa shape index (κ2) is 8.08. The number of esters is 1. The second-order valence-corrected chi connectivity index (χ2v) is 6.90. The van der Waals surface area contributed by atoms with Crippen molar-refractivity contribution in [3.63, 3.8) is 0 Å². The van der Waals surface area contributed by atoms with E-state index in [0.29, 0.717) is 6.42 Å². The Balaban J connectivity index is 1.90. The third-order valence-electron chi connectivity index (χ3n) is 4.27. The Morgan fingerprint density at radius 3 is 2.68 bits per heavy atom. The van der Waals surface area contributed by atoms with Gasteiger partial charge in [-0.1, -0.05) is 42.5 Å². The van der Waals surface area contributed by atoms with E-state index >= 15 is 0 Å². The van der Waals surface area contributed by atoms with E-state index in [4.69, 9.17) is 4.74 Å². The molecule has 0 aliphatic heterocycles. The molecule has 2 aromatic rings. The monoisotopic (exact) mass is 352 g/mol. The van der Waals surface area contributed by atoms with E-state index in [-0.39, 0.29) is 18.3 Å². The standard InChI is InChI=1S/C21H20O3S/c1-2-24-21(23)20-18(16-7-4-3-5-8-16)13-15(14-19(20)22)10-11-17-9-6-12-25-17/h3-12,14,18,20H,2,13H2,1H3/b11-10+/t18-,20-/m0/s1. The molecule has 0 radical (unpaired) electrons. The van der Waals surface area contributed by atoms with Crippen LogP contribution in [0.4, 0.5) is 0 Å². The summed E-state index contributed by atoms with van der Waals surface area (Å²) in [5.74, 6) is -1.56. The molecule has 128 valence electrons. The molecule has 1 aromatic heterocycles. The molecule has 1 heterocycles. The summed E-state index contributed by atoms with van der Waals surface area (Å²) < 4.78 is 5.15. The van der Waals surface area contributed by atoms with Crippen LogP contribution in [0.2, 0.25) is 0 Å². The fourth-order valence-electron chi connectivity index (χ4n) is 3.12. The Morgan fingerprint density at radius 1 is 1.20 bits per heavy atom. The molecular formula is C21H20O3S. The molecule has 0 bridgehead atoms. The summed E-state index contributed by atoms with van der Waals surface area (Å²) in [4.78, 5) is 26.1. The minimum absolute atomic E-state index is 0.176. The number of carbonyl (C=O) groups is 2. The summed E-state index contributed by atoms with van der Waals surface area (Å²) in [6.45, 7) is 2.03. The van der Waals surface area contributed by atoms with Crippen LogP contribution in [-0.2, 0) is 14.3 Å². The lowest BCUT2D eigenvalue weighted by atomic mass is 9.75. The van der Waals surface area contributed by atoms with E-state index in [9.17, 15) is 9.59 Å². The van der Waals surface area contributed by atoms with Crippen LogP contribution in [0.15, 0.2) is 65.6 Å². The molecule has 0 saturated carbocycles. The van der Waals surface area contributed by atoms with Gasteiger partial charge in [0.05, 0.1) is 6.61 Å². The predicted molar refractivity (Wildman–Crippen MR) is 100 cm³/mol. The summed E-state index contributed by atoms with van der Waals surface area (Å²) in [5, 5.41) is 2.02. The maximum Gasteiger partial charge on any atom is 0.317 e. The van der Waals surface area contributed by atoms with Crippen LogP contribution in [0.5, 0.6) is 0 Å². The molecule has 0 amide bonds. The number of allylic oxidation sites excluding steroid dienone is 3. The van der Waals surface area contributed by atoms with Crippen LogP contribution in [0.1, 0.15) is 29.7 Å². The van der Waals surface area contributed by atoms with Gasteiger partial charge in [0.1, 0.15) is 5.92 Å². The smallest absolute Gasteiger partial charge is 0.317 e. The van der Waals surface area contributed by atoms with Crippen LogP contribution in [0.3, 0.4) is 0 Å². The molecular weight excluding hydrogens is 332 g/mol. The van der Waals surface area contributed by atoms with Gasteiger partial charge in [0.25, 0.3) is 0 Å². The van der Waals surface area contributed by atoms with Gasteiger partial charge in [-0.25, -0.2) is 0 Å².